The van der Waals surface area contributed by atoms with Crippen LogP contribution in [0.25, 0.3) is 10.8 Å². The van der Waals surface area contributed by atoms with E-state index in [4.69, 9.17) is 9.47 Å². The van der Waals surface area contributed by atoms with Crippen molar-refractivity contribution in [1.29, 1.82) is 0 Å². The number of fused-ring (bicyclic) bond motifs is 9. The third kappa shape index (κ3) is 2.17. The van der Waals surface area contributed by atoms with E-state index < -0.39 is 5.60 Å². The van der Waals surface area contributed by atoms with Gasteiger partial charge >= 0.3 is 5.97 Å². The number of carbonyl (C=O) groups excluding carboxylic acids is 1. The molecule has 1 spiro atoms. The van der Waals surface area contributed by atoms with Crippen LogP contribution in [0.4, 0.5) is 5.69 Å². The Balaban J connectivity index is 1.54. The average Bonchev–Trinajstić information content (AvgIpc) is 3.17. The summed E-state index contributed by atoms with van der Waals surface area (Å²) in [7, 11) is 0. The van der Waals surface area contributed by atoms with Crippen LogP contribution in [0.15, 0.2) is 66.7 Å². The lowest BCUT2D eigenvalue weighted by molar-refractivity contribution is 0.0228. The lowest BCUT2D eigenvalue weighted by atomic mass is 9.73. The first-order valence-electron chi connectivity index (χ1n) is 12.2. The van der Waals surface area contributed by atoms with E-state index in [1.807, 2.05) is 36.4 Å². The van der Waals surface area contributed by atoms with Crippen LogP contribution in [0.1, 0.15) is 51.0 Å². The van der Waals surface area contributed by atoms with Gasteiger partial charge in [0, 0.05) is 35.5 Å². The summed E-state index contributed by atoms with van der Waals surface area (Å²) >= 11 is 0. The fraction of sp³-hybridized carbons (Fsp3) is 0.233. The molecule has 0 radical (unpaired) electrons. The number of hydrogen-bond acceptors (Lipinski definition) is 4. The molecule has 1 unspecified atom stereocenters. The van der Waals surface area contributed by atoms with Crippen LogP contribution >= 0.6 is 0 Å². The summed E-state index contributed by atoms with van der Waals surface area (Å²) in [4.78, 5) is 15.9. The van der Waals surface area contributed by atoms with Gasteiger partial charge in [0.2, 0.25) is 0 Å². The lowest BCUT2D eigenvalue weighted by Gasteiger charge is -2.43. The summed E-state index contributed by atoms with van der Waals surface area (Å²) in [6, 6.07) is 22.6. The molecule has 8 rings (SSSR count). The second kappa shape index (κ2) is 6.41. The number of ether oxygens (including phenoxy) is 2. The Labute approximate surface area is 197 Å². The van der Waals surface area contributed by atoms with E-state index in [9.17, 15) is 4.79 Å². The maximum Gasteiger partial charge on any atom is 0.340 e. The van der Waals surface area contributed by atoms with E-state index in [0.29, 0.717) is 5.56 Å². The van der Waals surface area contributed by atoms with Crippen LogP contribution < -0.4 is 9.64 Å². The van der Waals surface area contributed by atoms with Crippen molar-refractivity contribution in [2.24, 2.45) is 0 Å². The van der Waals surface area contributed by atoms with Crippen molar-refractivity contribution in [1.82, 2.24) is 0 Å². The van der Waals surface area contributed by atoms with Crippen LogP contribution in [0, 0.1) is 0 Å². The van der Waals surface area contributed by atoms with Crippen LogP contribution in [-0.2, 0) is 23.2 Å². The summed E-state index contributed by atoms with van der Waals surface area (Å²) in [5.41, 5.74) is 6.44. The summed E-state index contributed by atoms with van der Waals surface area (Å²) < 4.78 is 13.3. The van der Waals surface area contributed by atoms with E-state index in [1.54, 1.807) is 0 Å². The first kappa shape index (κ1) is 18.6. The Kier molecular flexibility index (Phi) is 3.51. The number of benzene rings is 4. The van der Waals surface area contributed by atoms with Gasteiger partial charge in [0.05, 0.1) is 11.1 Å². The highest BCUT2D eigenvalue weighted by atomic mass is 16.6. The molecule has 0 bridgehead atoms. The molecule has 4 nitrogen and oxygen atoms in total. The predicted octanol–water partition coefficient (Wildman–Crippen LogP) is 6.11. The Hall–Kier alpha value is -3.79. The molecular formula is C30H23NO3. The number of nitrogens with zero attached hydrogens (tertiary/aromatic N) is 1. The molecule has 0 aliphatic carbocycles. The molecule has 4 aromatic carbocycles. The second-order valence-electron chi connectivity index (χ2n) is 9.81. The van der Waals surface area contributed by atoms with Crippen molar-refractivity contribution in [2.75, 3.05) is 18.0 Å². The molecule has 0 fully saturated rings. The molecule has 0 aromatic heterocycles. The zero-order valence-corrected chi connectivity index (χ0v) is 18.8. The van der Waals surface area contributed by atoms with E-state index >= 15 is 0 Å². The van der Waals surface area contributed by atoms with Crippen molar-refractivity contribution >= 4 is 22.4 Å². The molecule has 0 N–H and O–H groups in total. The number of carbonyl (C=O) groups is 1. The number of aryl methyl sites for hydroxylation is 1. The molecule has 0 saturated heterocycles. The Morgan fingerprint density at radius 2 is 1.68 bits per heavy atom. The van der Waals surface area contributed by atoms with Gasteiger partial charge in [0.1, 0.15) is 11.5 Å². The Morgan fingerprint density at radius 1 is 0.853 bits per heavy atom. The summed E-state index contributed by atoms with van der Waals surface area (Å²) in [5, 5.41) is 2.17. The fourth-order valence-electron chi connectivity index (χ4n) is 6.76. The van der Waals surface area contributed by atoms with Crippen LogP contribution in [-0.4, -0.2) is 19.1 Å². The smallest absolute Gasteiger partial charge is 0.340 e. The zero-order valence-electron chi connectivity index (χ0n) is 18.8. The molecule has 4 aliphatic rings. The minimum atomic E-state index is -1.01. The van der Waals surface area contributed by atoms with Crippen molar-refractivity contribution in [3.8, 4) is 11.5 Å². The minimum Gasteiger partial charge on any atom is -0.456 e. The topological polar surface area (TPSA) is 38.8 Å². The lowest BCUT2D eigenvalue weighted by Crippen LogP contribution is -2.38. The summed E-state index contributed by atoms with van der Waals surface area (Å²) in [5.74, 6) is 1.40. The molecule has 1 atom stereocenters. The van der Waals surface area contributed by atoms with Gasteiger partial charge in [-0.25, -0.2) is 4.79 Å². The molecule has 4 aliphatic heterocycles. The normalized spacial score (nSPS) is 21.4. The highest BCUT2D eigenvalue weighted by molar-refractivity contribution is 6.00. The zero-order chi connectivity index (χ0) is 22.4. The van der Waals surface area contributed by atoms with Crippen LogP contribution in [0.3, 0.4) is 0 Å². The van der Waals surface area contributed by atoms with E-state index in [1.165, 1.54) is 16.8 Å². The quantitative estimate of drug-likeness (QED) is 0.306. The van der Waals surface area contributed by atoms with Crippen LogP contribution in [0.5, 0.6) is 11.5 Å². The third-order valence-corrected chi connectivity index (χ3v) is 8.08. The van der Waals surface area contributed by atoms with E-state index in [0.717, 1.165) is 77.7 Å². The van der Waals surface area contributed by atoms with E-state index in [-0.39, 0.29) is 5.97 Å². The molecule has 166 valence electrons. The van der Waals surface area contributed by atoms with Crippen molar-refractivity contribution < 1.29 is 14.3 Å². The molecule has 34 heavy (non-hydrogen) atoms. The maximum atomic E-state index is 13.3. The van der Waals surface area contributed by atoms with Crippen LogP contribution in [0.2, 0.25) is 0 Å². The highest BCUT2D eigenvalue weighted by Crippen LogP contribution is 2.60. The second-order valence-corrected chi connectivity index (χ2v) is 9.81. The standard InChI is InChI=1S/C30H23NO3/c32-29-21-10-3-4-12-23(21)30(34-29)24-17-19-8-5-15-31-16-6-11-22(27(19)31)28(24)33-25-14-13-18-7-1-2-9-20(18)26(25)30/h1-4,7,9-10,12-14,17H,5-6,8,11,15-16H2. The van der Waals surface area contributed by atoms with Gasteiger partial charge in [-0.05, 0) is 60.2 Å². The van der Waals surface area contributed by atoms with Crippen molar-refractivity contribution in [3.63, 3.8) is 0 Å². The monoisotopic (exact) mass is 445 g/mol. The summed E-state index contributed by atoms with van der Waals surface area (Å²) in [6.07, 6.45) is 4.28. The molecule has 4 aromatic rings. The highest BCUT2D eigenvalue weighted by Gasteiger charge is 2.55. The fourth-order valence-corrected chi connectivity index (χ4v) is 6.76. The molecule has 0 amide bonds. The Morgan fingerprint density at radius 3 is 2.62 bits per heavy atom. The molecule has 4 heterocycles. The predicted molar refractivity (Wildman–Crippen MR) is 131 cm³/mol. The van der Waals surface area contributed by atoms with Crippen molar-refractivity contribution in [2.45, 2.75) is 31.3 Å². The maximum absolute atomic E-state index is 13.3. The first-order chi connectivity index (χ1) is 16.8. The minimum absolute atomic E-state index is 0.268. The third-order valence-electron chi connectivity index (χ3n) is 8.08. The largest absolute Gasteiger partial charge is 0.456 e. The van der Waals surface area contributed by atoms with Gasteiger partial charge in [-0.15, -0.1) is 0 Å². The molecule has 0 saturated carbocycles. The first-order valence-corrected chi connectivity index (χ1v) is 12.2. The molecule has 4 heteroatoms. The van der Waals surface area contributed by atoms with Gasteiger partial charge in [-0.3, -0.25) is 0 Å². The summed E-state index contributed by atoms with van der Waals surface area (Å²) in [6.45, 7) is 2.20. The number of hydrogen-bond donors (Lipinski definition) is 0. The van der Waals surface area contributed by atoms with E-state index in [2.05, 4.69) is 35.2 Å². The van der Waals surface area contributed by atoms with Crippen molar-refractivity contribution in [3.05, 3.63) is 100 Å². The SMILES string of the molecule is O=C1OC2(c3ccccc31)c1cc3c4c(c1Oc1ccc5ccccc5c12)CCCN4CCC3. The van der Waals surface area contributed by atoms with Gasteiger partial charge in [-0.2, -0.15) is 0 Å². The van der Waals surface area contributed by atoms with Gasteiger partial charge in [-0.1, -0.05) is 48.5 Å². The Bertz CT molecular complexity index is 1550. The van der Waals surface area contributed by atoms with Gasteiger partial charge in [0.15, 0.2) is 5.60 Å². The number of rotatable bonds is 0. The number of esters is 1. The number of anilines is 1. The average molecular weight is 446 g/mol. The van der Waals surface area contributed by atoms with Gasteiger partial charge in [0.25, 0.3) is 0 Å². The van der Waals surface area contributed by atoms with Gasteiger partial charge < -0.3 is 14.4 Å². The molecular weight excluding hydrogens is 422 g/mol.